The van der Waals surface area contributed by atoms with Crippen molar-refractivity contribution in [1.82, 2.24) is 0 Å². The fourth-order valence-electron chi connectivity index (χ4n) is 4.98. The van der Waals surface area contributed by atoms with Gasteiger partial charge in [-0.25, -0.2) is 0 Å². The first-order valence-corrected chi connectivity index (χ1v) is 13.8. The van der Waals surface area contributed by atoms with E-state index in [2.05, 4.69) is 127 Å². The maximum absolute atomic E-state index is 6.41. The number of aliphatic imine (C=N–C) groups is 1. The van der Waals surface area contributed by atoms with E-state index in [-0.39, 0.29) is 0 Å². The zero-order valence-electron chi connectivity index (χ0n) is 22.7. The molecule has 0 bridgehead atoms. The molecular weight excluding hydrogens is 498 g/mol. The van der Waals surface area contributed by atoms with Crippen LogP contribution in [0.2, 0.25) is 0 Å². The highest BCUT2D eigenvalue weighted by Crippen LogP contribution is 2.30. The van der Waals surface area contributed by atoms with E-state index in [9.17, 15) is 0 Å². The highest BCUT2D eigenvalue weighted by molar-refractivity contribution is 6.15. The van der Waals surface area contributed by atoms with Crippen molar-refractivity contribution in [1.29, 1.82) is 0 Å². The fraction of sp³-hybridized carbons (Fsp3) is 0.0263. The van der Waals surface area contributed by atoms with Gasteiger partial charge in [-0.1, -0.05) is 133 Å². The van der Waals surface area contributed by atoms with E-state index in [0.717, 1.165) is 39.5 Å². The van der Waals surface area contributed by atoms with Crippen molar-refractivity contribution in [3.63, 3.8) is 0 Å². The molecule has 41 heavy (non-hydrogen) atoms. The molecular formula is C38H31N3. The quantitative estimate of drug-likeness (QED) is 0.152. The zero-order valence-corrected chi connectivity index (χ0v) is 22.7. The molecule has 0 aliphatic carbocycles. The van der Waals surface area contributed by atoms with Crippen molar-refractivity contribution in [3.8, 4) is 22.3 Å². The third-order valence-electron chi connectivity index (χ3n) is 7.15. The van der Waals surface area contributed by atoms with Gasteiger partial charge in [0.2, 0.25) is 0 Å². The van der Waals surface area contributed by atoms with Crippen LogP contribution in [-0.4, -0.2) is 5.71 Å². The van der Waals surface area contributed by atoms with Crippen molar-refractivity contribution in [3.05, 3.63) is 174 Å². The van der Waals surface area contributed by atoms with Gasteiger partial charge in [-0.05, 0) is 46.5 Å². The van der Waals surface area contributed by atoms with Crippen LogP contribution in [0.15, 0.2) is 163 Å². The van der Waals surface area contributed by atoms with E-state index in [1.807, 2.05) is 36.4 Å². The van der Waals surface area contributed by atoms with Gasteiger partial charge in [0.1, 0.15) is 0 Å². The normalized spacial score (nSPS) is 11.3. The highest BCUT2D eigenvalue weighted by atomic mass is 14.9. The first-order valence-electron chi connectivity index (χ1n) is 13.8. The molecule has 0 aliphatic rings. The average Bonchev–Trinajstić information content (AvgIpc) is 3.04. The van der Waals surface area contributed by atoms with Gasteiger partial charge in [0.25, 0.3) is 0 Å². The Morgan fingerprint density at radius 2 is 1.12 bits per heavy atom. The van der Waals surface area contributed by atoms with Crippen molar-refractivity contribution >= 4 is 22.8 Å². The van der Waals surface area contributed by atoms with Gasteiger partial charge in [0, 0.05) is 33.8 Å². The summed E-state index contributed by atoms with van der Waals surface area (Å²) in [4.78, 5) is 5.08. The van der Waals surface area contributed by atoms with Crippen LogP contribution in [0, 0.1) is 0 Å². The van der Waals surface area contributed by atoms with Crippen LogP contribution in [0.25, 0.3) is 22.3 Å². The molecule has 3 heteroatoms. The molecule has 0 saturated carbocycles. The second-order valence-corrected chi connectivity index (χ2v) is 9.93. The Bertz CT molecular complexity index is 1760. The zero-order chi connectivity index (χ0) is 27.9. The monoisotopic (exact) mass is 529 g/mol. The standard InChI is InChI=1S/C38H31N3/c39-36-17-9-7-16-35(36)38(32-23-21-30(22-24-32)29-11-3-1-4-12-29)40-27-28-19-25-33(26-20-28)41-37-18-10-8-15-34(37)31-13-5-2-6-14-31/h1-26,41H,27,39H2. The van der Waals surface area contributed by atoms with E-state index in [0.29, 0.717) is 6.54 Å². The van der Waals surface area contributed by atoms with Crippen LogP contribution in [0.1, 0.15) is 16.7 Å². The Labute approximate surface area is 241 Å². The predicted molar refractivity (Wildman–Crippen MR) is 174 cm³/mol. The molecule has 6 rings (SSSR count). The number of anilines is 3. The van der Waals surface area contributed by atoms with Crippen LogP contribution >= 0.6 is 0 Å². The van der Waals surface area contributed by atoms with Crippen molar-refractivity contribution < 1.29 is 0 Å². The molecule has 0 aromatic heterocycles. The third kappa shape index (κ3) is 6.10. The first-order chi connectivity index (χ1) is 20.2. The number of nitrogen functional groups attached to an aromatic ring is 1. The topological polar surface area (TPSA) is 50.4 Å². The second-order valence-electron chi connectivity index (χ2n) is 9.93. The smallest absolute Gasteiger partial charge is 0.0743 e. The SMILES string of the molecule is Nc1ccccc1C(=NCc1ccc(Nc2ccccc2-c2ccccc2)cc1)c1ccc(-c2ccccc2)cc1. The summed E-state index contributed by atoms with van der Waals surface area (Å²) in [5, 5.41) is 3.59. The van der Waals surface area contributed by atoms with Crippen LogP contribution in [-0.2, 0) is 6.54 Å². The van der Waals surface area contributed by atoms with E-state index in [1.54, 1.807) is 0 Å². The number of para-hydroxylation sites is 2. The molecule has 0 fully saturated rings. The van der Waals surface area contributed by atoms with Crippen LogP contribution in [0.5, 0.6) is 0 Å². The van der Waals surface area contributed by atoms with Gasteiger partial charge >= 0.3 is 0 Å². The lowest BCUT2D eigenvalue weighted by Gasteiger charge is -2.13. The van der Waals surface area contributed by atoms with Crippen LogP contribution in [0.4, 0.5) is 17.1 Å². The lowest BCUT2D eigenvalue weighted by atomic mass is 9.97. The lowest BCUT2D eigenvalue weighted by molar-refractivity contribution is 1.07. The number of hydrogen-bond donors (Lipinski definition) is 2. The van der Waals surface area contributed by atoms with Gasteiger partial charge in [0.05, 0.1) is 12.3 Å². The summed E-state index contributed by atoms with van der Waals surface area (Å²) in [6, 6.07) is 54.2. The minimum absolute atomic E-state index is 0.547. The van der Waals surface area contributed by atoms with Crippen LogP contribution < -0.4 is 11.1 Å². The fourth-order valence-corrected chi connectivity index (χ4v) is 4.98. The molecule has 0 spiro atoms. The van der Waals surface area contributed by atoms with Crippen molar-refractivity contribution in [2.24, 2.45) is 4.99 Å². The summed E-state index contributed by atoms with van der Waals surface area (Å²) in [5.74, 6) is 0. The van der Waals surface area contributed by atoms with Gasteiger partial charge < -0.3 is 11.1 Å². The molecule has 0 heterocycles. The van der Waals surface area contributed by atoms with Crippen molar-refractivity contribution in [2.75, 3.05) is 11.1 Å². The number of nitrogens with zero attached hydrogens (tertiary/aromatic N) is 1. The van der Waals surface area contributed by atoms with E-state index >= 15 is 0 Å². The molecule has 0 aliphatic heterocycles. The minimum atomic E-state index is 0.547. The highest BCUT2D eigenvalue weighted by Gasteiger charge is 2.11. The summed E-state index contributed by atoms with van der Waals surface area (Å²) in [6.45, 7) is 0.547. The molecule has 0 radical (unpaired) electrons. The van der Waals surface area contributed by atoms with E-state index in [4.69, 9.17) is 10.7 Å². The summed E-state index contributed by atoms with van der Waals surface area (Å²) >= 11 is 0. The van der Waals surface area contributed by atoms with Crippen LogP contribution in [0.3, 0.4) is 0 Å². The molecule has 0 amide bonds. The van der Waals surface area contributed by atoms with Gasteiger partial charge in [-0.2, -0.15) is 0 Å². The molecule has 0 saturated heterocycles. The second kappa shape index (κ2) is 12.2. The van der Waals surface area contributed by atoms with Gasteiger partial charge in [0.15, 0.2) is 0 Å². The van der Waals surface area contributed by atoms with E-state index < -0.39 is 0 Å². The number of benzene rings is 6. The molecule has 0 unspecified atom stereocenters. The van der Waals surface area contributed by atoms with Crippen molar-refractivity contribution in [2.45, 2.75) is 6.54 Å². The van der Waals surface area contributed by atoms with Gasteiger partial charge in [-0.15, -0.1) is 0 Å². The number of nitrogens with one attached hydrogen (secondary N) is 1. The summed E-state index contributed by atoms with van der Waals surface area (Å²) < 4.78 is 0. The first kappa shape index (κ1) is 25.8. The Morgan fingerprint density at radius 3 is 1.83 bits per heavy atom. The Hall–Kier alpha value is -5.41. The van der Waals surface area contributed by atoms with E-state index in [1.165, 1.54) is 22.3 Å². The largest absolute Gasteiger partial charge is 0.398 e. The Kier molecular flexibility index (Phi) is 7.68. The minimum Gasteiger partial charge on any atom is -0.398 e. The molecule has 3 N–H and O–H groups in total. The average molecular weight is 530 g/mol. The molecule has 3 nitrogen and oxygen atoms in total. The van der Waals surface area contributed by atoms with Gasteiger partial charge in [-0.3, -0.25) is 4.99 Å². The maximum atomic E-state index is 6.41. The molecule has 6 aromatic carbocycles. The molecule has 6 aromatic rings. The third-order valence-corrected chi connectivity index (χ3v) is 7.15. The molecule has 0 atom stereocenters. The number of hydrogen-bond acceptors (Lipinski definition) is 3. The predicted octanol–water partition coefficient (Wildman–Crippen LogP) is 9.38. The number of nitrogens with two attached hydrogens (primary N) is 1. The molecule has 198 valence electrons. The summed E-state index contributed by atoms with van der Waals surface area (Å²) in [6.07, 6.45) is 0. The maximum Gasteiger partial charge on any atom is 0.0743 e. The Balaban J connectivity index is 1.24. The Morgan fingerprint density at radius 1 is 0.537 bits per heavy atom. The number of rotatable bonds is 8. The summed E-state index contributed by atoms with van der Waals surface area (Å²) in [5.41, 5.74) is 17.9. The lowest BCUT2D eigenvalue weighted by Crippen LogP contribution is -2.07. The summed E-state index contributed by atoms with van der Waals surface area (Å²) in [7, 11) is 0.